The average molecular weight is 584 g/mol. The number of hydrogen-bond acceptors (Lipinski definition) is 4. The summed E-state index contributed by atoms with van der Waals surface area (Å²) < 4.78 is 3.07. The van der Waals surface area contributed by atoms with E-state index in [1.165, 1.54) is 22.2 Å². The number of aryl methyl sites for hydroxylation is 2. The summed E-state index contributed by atoms with van der Waals surface area (Å²) in [5.74, 6) is 0.125. The number of anilines is 2. The van der Waals surface area contributed by atoms with E-state index in [4.69, 9.17) is 0 Å². The van der Waals surface area contributed by atoms with Gasteiger partial charge in [-0.2, -0.15) is 5.10 Å². The molecule has 2 heterocycles. The van der Waals surface area contributed by atoms with Crippen LogP contribution in [0.2, 0.25) is 0 Å². The molecule has 0 bridgehead atoms. The van der Waals surface area contributed by atoms with Gasteiger partial charge in [-0.05, 0) is 96.7 Å². The van der Waals surface area contributed by atoms with Gasteiger partial charge in [0.2, 0.25) is 5.91 Å². The minimum atomic E-state index is -0.201. The first kappa shape index (κ1) is 27.9. The maximum atomic E-state index is 13.8. The van der Waals surface area contributed by atoms with E-state index >= 15 is 0 Å². The predicted molar refractivity (Wildman–Crippen MR) is 175 cm³/mol. The lowest BCUT2D eigenvalue weighted by Gasteiger charge is -2.37. The molecule has 1 aliphatic carbocycles. The van der Waals surface area contributed by atoms with Gasteiger partial charge in [-0.3, -0.25) is 4.79 Å². The van der Waals surface area contributed by atoms with Gasteiger partial charge >= 0.3 is 5.69 Å². The Morgan fingerprint density at radius 1 is 0.818 bits per heavy atom. The first-order valence-corrected chi connectivity index (χ1v) is 15.6. The summed E-state index contributed by atoms with van der Waals surface area (Å²) in [4.78, 5) is 29.2. The van der Waals surface area contributed by atoms with Gasteiger partial charge in [-0.15, -0.1) is 0 Å². The number of nitrogens with one attached hydrogen (secondary N) is 1. The van der Waals surface area contributed by atoms with Crippen LogP contribution in [0.3, 0.4) is 0 Å². The highest BCUT2D eigenvalue weighted by Crippen LogP contribution is 2.36. The monoisotopic (exact) mass is 583 g/mol. The van der Waals surface area contributed by atoms with Crippen LogP contribution >= 0.6 is 0 Å². The van der Waals surface area contributed by atoms with E-state index in [1.54, 1.807) is 10.9 Å². The van der Waals surface area contributed by atoms with Crippen molar-refractivity contribution in [3.8, 4) is 5.69 Å². The number of fused-ring (bicyclic) bond motifs is 1. The van der Waals surface area contributed by atoms with Gasteiger partial charge in [-0.1, -0.05) is 66.7 Å². The second kappa shape index (κ2) is 12.4. The fraction of sp³-hybridized carbons (Fsp3) is 0.270. The maximum absolute atomic E-state index is 13.8. The number of aromatic nitrogens is 3. The molecule has 1 saturated heterocycles. The van der Waals surface area contributed by atoms with Gasteiger partial charge in [0.15, 0.2) is 0 Å². The van der Waals surface area contributed by atoms with Crippen molar-refractivity contribution in [2.75, 3.05) is 23.3 Å². The Bertz CT molecular complexity index is 1790. The molecule has 7 rings (SSSR count). The van der Waals surface area contributed by atoms with Crippen molar-refractivity contribution in [1.29, 1.82) is 0 Å². The van der Waals surface area contributed by atoms with E-state index in [1.807, 2.05) is 60.7 Å². The van der Waals surface area contributed by atoms with E-state index in [-0.39, 0.29) is 23.4 Å². The Morgan fingerprint density at radius 2 is 1.50 bits per heavy atom. The van der Waals surface area contributed by atoms with Gasteiger partial charge in [0.25, 0.3) is 0 Å². The van der Waals surface area contributed by atoms with Gasteiger partial charge in [-0.25, -0.2) is 14.0 Å². The number of carbonyl (C=O) groups is 1. The van der Waals surface area contributed by atoms with Crippen LogP contribution in [-0.2, 0) is 24.2 Å². The fourth-order valence-corrected chi connectivity index (χ4v) is 6.86. The first-order valence-electron chi connectivity index (χ1n) is 15.6. The zero-order valence-electron chi connectivity index (χ0n) is 24.8. The van der Waals surface area contributed by atoms with E-state index in [2.05, 4.69) is 57.8 Å². The van der Waals surface area contributed by atoms with E-state index in [9.17, 15) is 9.59 Å². The van der Waals surface area contributed by atoms with E-state index in [0.717, 1.165) is 67.0 Å². The molecule has 1 aromatic heterocycles. The molecule has 7 heteroatoms. The molecular weight excluding hydrogens is 546 g/mol. The molecule has 0 radical (unpaired) electrons. The van der Waals surface area contributed by atoms with Crippen LogP contribution < -0.4 is 15.9 Å². The van der Waals surface area contributed by atoms with Crippen molar-refractivity contribution in [1.82, 2.24) is 14.3 Å². The Hall–Kier alpha value is -4.91. The van der Waals surface area contributed by atoms with Crippen LogP contribution in [-0.4, -0.2) is 33.3 Å². The quantitative estimate of drug-likeness (QED) is 0.236. The molecule has 5 aromatic rings. The molecule has 0 spiro atoms. The minimum Gasteiger partial charge on any atom is -0.372 e. The Labute approximate surface area is 257 Å². The van der Waals surface area contributed by atoms with Crippen molar-refractivity contribution in [3.63, 3.8) is 0 Å². The number of benzene rings is 4. The third kappa shape index (κ3) is 5.82. The van der Waals surface area contributed by atoms with E-state index < -0.39 is 0 Å². The standard InChI is InChI=1S/C37H37N5O2/c43-36(39-32-15-14-28-12-7-13-31(28)24-32)35(29-10-5-2-6-11-29)30-20-22-40(23-21-30)33-16-18-34(19-17-33)41-26-38-42(37(41)44)25-27-8-3-1-4-9-27/h1-6,8-11,14-19,24,26,30,35H,7,12-13,20-23,25H2,(H,39,43). The second-order valence-corrected chi connectivity index (χ2v) is 12.0. The summed E-state index contributed by atoms with van der Waals surface area (Å²) in [5, 5.41) is 7.59. The summed E-state index contributed by atoms with van der Waals surface area (Å²) in [5.41, 5.74) is 7.54. The lowest BCUT2D eigenvalue weighted by molar-refractivity contribution is -0.118. The van der Waals surface area contributed by atoms with Crippen molar-refractivity contribution < 1.29 is 4.79 Å². The van der Waals surface area contributed by atoms with Crippen LogP contribution in [0, 0.1) is 5.92 Å². The Morgan fingerprint density at radius 3 is 2.25 bits per heavy atom. The molecule has 1 unspecified atom stereocenters. The van der Waals surface area contributed by atoms with Crippen molar-refractivity contribution in [2.24, 2.45) is 5.92 Å². The van der Waals surface area contributed by atoms with Crippen molar-refractivity contribution >= 4 is 17.3 Å². The van der Waals surface area contributed by atoms with Gasteiger partial charge in [0.05, 0.1) is 18.2 Å². The Balaban J connectivity index is 1.02. The molecule has 44 heavy (non-hydrogen) atoms. The SMILES string of the molecule is O=C(Nc1ccc2c(c1)CCC2)C(c1ccccc1)C1CCN(c2ccc(-n3cnn(Cc4ccccc4)c3=O)cc2)CC1. The topological polar surface area (TPSA) is 72.2 Å². The number of amides is 1. The molecule has 1 N–H and O–H groups in total. The molecule has 4 aromatic carbocycles. The van der Waals surface area contributed by atoms with Gasteiger partial charge in [0.1, 0.15) is 6.33 Å². The number of piperidine rings is 1. The third-order valence-corrected chi connectivity index (χ3v) is 9.22. The first-order chi connectivity index (χ1) is 21.6. The Kier molecular flexibility index (Phi) is 7.84. The summed E-state index contributed by atoms with van der Waals surface area (Å²) in [6.07, 6.45) is 6.85. The minimum absolute atomic E-state index is 0.0789. The molecular formula is C37H37N5O2. The van der Waals surface area contributed by atoms with Crippen LogP contribution in [0.25, 0.3) is 5.69 Å². The smallest absolute Gasteiger partial charge is 0.350 e. The number of carbonyl (C=O) groups excluding carboxylic acids is 1. The van der Waals surface area contributed by atoms with Crippen molar-refractivity contribution in [2.45, 2.75) is 44.6 Å². The number of rotatable bonds is 8. The maximum Gasteiger partial charge on any atom is 0.350 e. The summed E-state index contributed by atoms with van der Waals surface area (Å²) in [6.45, 7) is 2.18. The highest BCUT2D eigenvalue weighted by Gasteiger charge is 2.33. The zero-order valence-corrected chi connectivity index (χ0v) is 24.8. The summed E-state index contributed by atoms with van der Waals surface area (Å²) in [7, 11) is 0. The van der Waals surface area contributed by atoms with Gasteiger partial charge < -0.3 is 10.2 Å². The highest BCUT2D eigenvalue weighted by molar-refractivity contribution is 5.96. The highest BCUT2D eigenvalue weighted by atomic mass is 16.2. The summed E-state index contributed by atoms with van der Waals surface area (Å²) in [6, 6.07) is 34.6. The third-order valence-electron chi connectivity index (χ3n) is 9.22. The lowest BCUT2D eigenvalue weighted by atomic mass is 9.79. The zero-order chi connectivity index (χ0) is 29.9. The fourth-order valence-electron chi connectivity index (χ4n) is 6.86. The molecule has 1 fully saturated rings. The predicted octanol–water partition coefficient (Wildman–Crippen LogP) is 6.21. The van der Waals surface area contributed by atoms with Crippen LogP contribution in [0.1, 0.15) is 47.4 Å². The molecule has 7 nitrogen and oxygen atoms in total. The molecule has 0 saturated carbocycles. The van der Waals surface area contributed by atoms with Crippen molar-refractivity contribution in [3.05, 3.63) is 142 Å². The van der Waals surface area contributed by atoms with E-state index in [0.29, 0.717) is 6.54 Å². The second-order valence-electron chi connectivity index (χ2n) is 12.0. The number of hydrogen-bond donors (Lipinski definition) is 1. The summed E-state index contributed by atoms with van der Waals surface area (Å²) >= 11 is 0. The molecule has 222 valence electrons. The molecule has 2 aliphatic rings. The molecule has 1 amide bonds. The van der Waals surface area contributed by atoms with Crippen LogP contribution in [0.5, 0.6) is 0 Å². The normalized spacial score (nSPS) is 15.6. The van der Waals surface area contributed by atoms with Crippen LogP contribution in [0.4, 0.5) is 11.4 Å². The molecule has 1 aliphatic heterocycles. The van der Waals surface area contributed by atoms with Gasteiger partial charge in [0, 0.05) is 24.5 Å². The average Bonchev–Trinajstić information content (AvgIpc) is 3.68. The van der Waals surface area contributed by atoms with Crippen LogP contribution in [0.15, 0.2) is 114 Å². The molecule has 1 atom stereocenters. The lowest BCUT2D eigenvalue weighted by Crippen LogP contribution is -2.38. The number of nitrogens with zero attached hydrogens (tertiary/aromatic N) is 4. The largest absolute Gasteiger partial charge is 0.372 e.